The summed E-state index contributed by atoms with van der Waals surface area (Å²) in [5.74, 6) is -0.266. The molecule has 0 bridgehead atoms. The van der Waals surface area contributed by atoms with Gasteiger partial charge in [-0.15, -0.1) is 10.2 Å². The molecule has 2 aromatic carbocycles. The number of aromatic nitrogens is 4. The van der Waals surface area contributed by atoms with Crippen LogP contribution >= 0.6 is 0 Å². The molecule has 0 aliphatic heterocycles. The number of tetrazole rings is 1. The fourth-order valence-electron chi connectivity index (χ4n) is 2.44. The number of nitrogens with one attached hydrogen (secondary N) is 4. The molecule has 0 fully saturated rings. The lowest BCUT2D eigenvalue weighted by Gasteiger charge is -2.12. The summed E-state index contributed by atoms with van der Waals surface area (Å²) in [5.41, 5.74) is 0.276. The standard InChI is InChI=1S/C17H16N8O5S2/c1-31(27,28)22-12-3-2-4-13(7-12)23-32(29,30)14-5-6-16(26)15(8-14)19-10-11(9-18)17-20-24-25-21-17/h2-8,10,19,22-23,26H,1H3,(H,20,21,24,25). The van der Waals surface area contributed by atoms with Crippen molar-refractivity contribution in [3.05, 3.63) is 54.5 Å². The van der Waals surface area contributed by atoms with Crippen LogP contribution in [0.15, 0.2) is 53.6 Å². The monoisotopic (exact) mass is 476 g/mol. The second-order valence-electron chi connectivity index (χ2n) is 6.29. The van der Waals surface area contributed by atoms with Gasteiger partial charge < -0.3 is 10.4 Å². The Morgan fingerprint density at radius 3 is 2.47 bits per heavy atom. The number of nitriles is 1. The van der Waals surface area contributed by atoms with Crippen LogP contribution in [-0.4, -0.2) is 48.8 Å². The highest BCUT2D eigenvalue weighted by Gasteiger charge is 2.17. The summed E-state index contributed by atoms with van der Waals surface area (Å²) in [4.78, 5) is -0.203. The summed E-state index contributed by atoms with van der Waals surface area (Å²) < 4.78 is 52.9. The molecule has 3 aromatic rings. The van der Waals surface area contributed by atoms with E-state index >= 15 is 0 Å². The average Bonchev–Trinajstić information content (AvgIpc) is 3.23. The van der Waals surface area contributed by atoms with Gasteiger partial charge in [0, 0.05) is 6.20 Å². The van der Waals surface area contributed by atoms with E-state index in [1.54, 1.807) is 0 Å². The number of hydrogen-bond acceptors (Lipinski definition) is 10. The van der Waals surface area contributed by atoms with Crippen molar-refractivity contribution >= 4 is 42.7 Å². The summed E-state index contributed by atoms with van der Waals surface area (Å²) in [6.07, 6.45) is 2.16. The number of aromatic hydroxyl groups is 1. The lowest BCUT2D eigenvalue weighted by Crippen LogP contribution is -2.14. The van der Waals surface area contributed by atoms with Gasteiger partial charge in [-0.1, -0.05) is 6.07 Å². The van der Waals surface area contributed by atoms with Crippen molar-refractivity contribution in [3.8, 4) is 11.8 Å². The van der Waals surface area contributed by atoms with Gasteiger partial charge in [-0.25, -0.2) is 16.8 Å². The molecule has 5 N–H and O–H groups in total. The largest absolute Gasteiger partial charge is 0.506 e. The van der Waals surface area contributed by atoms with Crippen molar-refractivity contribution < 1.29 is 21.9 Å². The Hall–Kier alpha value is -4.16. The second kappa shape index (κ2) is 8.91. The molecule has 3 rings (SSSR count). The number of anilines is 3. The van der Waals surface area contributed by atoms with Crippen LogP contribution in [0.1, 0.15) is 5.82 Å². The maximum Gasteiger partial charge on any atom is 0.261 e. The molecule has 0 saturated carbocycles. The van der Waals surface area contributed by atoms with Crippen LogP contribution in [-0.2, 0) is 20.0 Å². The van der Waals surface area contributed by atoms with Gasteiger partial charge in [0.15, 0.2) is 0 Å². The number of phenolic OH excluding ortho intramolecular Hbond substituents is 1. The molecule has 13 nitrogen and oxygen atoms in total. The van der Waals surface area contributed by atoms with Crippen molar-refractivity contribution in [2.45, 2.75) is 4.90 Å². The Labute approximate surface area is 182 Å². The number of hydrogen-bond donors (Lipinski definition) is 5. The summed E-state index contributed by atoms with van der Waals surface area (Å²) in [5, 5.41) is 34.8. The predicted octanol–water partition coefficient (Wildman–Crippen LogP) is 1.05. The van der Waals surface area contributed by atoms with E-state index in [2.05, 4.69) is 35.4 Å². The number of sulfonamides is 2. The van der Waals surface area contributed by atoms with Gasteiger partial charge in [0.25, 0.3) is 10.0 Å². The Morgan fingerprint density at radius 1 is 1.12 bits per heavy atom. The van der Waals surface area contributed by atoms with E-state index in [1.165, 1.54) is 36.5 Å². The van der Waals surface area contributed by atoms with Crippen molar-refractivity contribution in [2.24, 2.45) is 0 Å². The number of H-pyrrole nitrogens is 1. The van der Waals surface area contributed by atoms with Crippen molar-refractivity contribution in [3.63, 3.8) is 0 Å². The smallest absolute Gasteiger partial charge is 0.261 e. The topological polar surface area (TPSA) is 203 Å². The van der Waals surface area contributed by atoms with Crippen molar-refractivity contribution in [1.29, 1.82) is 5.26 Å². The molecule has 0 unspecified atom stereocenters. The van der Waals surface area contributed by atoms with Crippen LogP contribution in [0, 0.1) is 11.3 Å². The summed E-state index contributed by atoms with van der Waals surface area (Å²) in [6, 6.07) is 11.0. The number of nitrogens with zero attached hydrogens (tertiary/aromatic N) is 4. The predicted molar refractivity (Wildman–Crippen MR) is 115 cm³/mol. The zero-order valence-corrected chi connectivity index (χ0v) is 17.9. The minimum Gasteiger partial charge on any atom is -0.506 e. The van der Waals surface area contributed by atoms with Gasteiger partial charge in [-0.05, 0) is 41.6 Å². The second-order valence-corrected chi connectivity index (χ2v) is 9.72. The van der Waals surface area contributed by atoms with Gasteiger partial charge in [0.1, 0.15) is 17.4 Å². The maximum absolute atomic E-state index is 12.8. The van der Waals surface area contributed by atoms with Gasteiger partial charge in [-0.3, -0.25) is 9.44 Å². The Kier molecular flexibility index (Phi) is 6.27. The number of rotatable bonds is 8. The van der Waals surface area contributed by atoms with Gasteiger partial charge >= 0.3 is 0 Å². The number of allylic oxidation sites excluding steroid dienone is 1. The van der Waals surface area contributed by atoms with E-state index in [9.17, 15) is 27.2 Å². The maximum atomic E-state index is 12.8. The molecule has 0 saturated heterocycles. The minimum atomic E-state index is -4.10. The minimum absolute atomic E-state index is 0.00314. The molecule has 0 aliphatic rings. The van der Waals surface area contributed by atoms with E-state index < -0.39 is 20.0 Å². The van der Waals surface area contributed by atoms with Crippen LogP contribution in [0.2, 0.25) is 0 Å². The first-order valence-electron chi connectivity index (χ1n) is 8.62. The van der Waals surface area contributed by atoms with E-state index in [0.717, 1.165) is 18.4 Å². The molecule has 0 amide bonds. The van der Waals surface area contributed by atoms with Crippen LogP contribution in [0.3, 0.4) is 0 Å². The Balaban J connectivity index is 1.85. The molecule has 0 spiro atoms. The highest BCUT2D eigenvalue weighted by molar-refractivity contribution is 7.92. The van der Waals surface area contributed by atoms with E-state index in [4.69, 9.17) is 0 Å². The Bertz CT molecular complexity index is 1410. The molecular weight excluding hydrogens is 460 g/mol. The lowest BCUT2D eigenvalue weighted by molar-refractivity contribution is 0.477. The molecule has 0 radical (unpaired) electrons. The molecule has 0 atom stereocenters. The van der Waals surface area contributed by atoms with Crippen molar-refractivity contribution in [2.75, 3.05) is 21.0 Å². The fraction of sp³-hybridized carbons (Fsp3) is 0.0588. The molecule has 0 aliphatic carbocycles. The molecule has 32 heavy (non-hydrogen) atoms. The van der Waals surface area contributed by atoms with Crippen LogP contribution in [0.5, 0.6) is 5.75 Å². The van der Waals surface area contributed by atoms with Crippen LogP contribution < -0.4 is 14.8 Å². The lowest BCUT2D eigenvalue weighted by atomic mass is 10.2. The quantitative estimate of drug-likeness (QED) is 0.231. The van der Waals surface area contributed by atoms with Crippen LogP contribution in [0.25, 0.3) is 5.57 Å². The number of aromatic amines is 1. The summed E-state index contributed by atoms with van der Waals surface area (Å²) in [7, 11) is -7.64. The third-order valence-electron chi connectivity index (χ3n) is 3.78. The van der Waals surface area contributed by atoms with Gasteiger partial charge in [0.2, 0.25) is 15.8 Å². The highest BCUT2D eigenvalue weighted by atomic mass is 32.2. The fourth-order valence-corrected chi connectivity index (χ4v) is 4.08. The third-order valence-corrected chi connectivity index (χ3v) is 5.76. The highest BCUT2D eigenvalue weighted by Crippen LogP contribution is 2.28. The molecule has 166 valence electrons. The molecule has 1 heterocycles. The molecule has 1 aromatic heterocycles. The SMILES string of the molecule is CS(=O)(=O)Nc1cccc(NS(=O)(=O)c2ccc(O)c(NC=C(C#N)c3nn[nH]n3)c2)c1. The number of benzene rings is 2. The number of phenols is 1. The summed E-state index contributed by atoms with van der Waals surface area (Å²) in [6.45, 7) is 0. The average molecular weight is 477 g/mol. The zero-order valence-electron chi connectivity index (χ0n) is 16.3. The summed E-state index contributed by atoms with van der Waals surface area (Å²) >= 11 is 0. The first-order valence-corrected chi connectivity index (χ1v) is 12.0. The van der Waals surface area contributed by atoms with Crippen molar-refractivity contribution in [1.82, 2.24) is 20.6 Å². The van der Waals surface area contributed by atoms with Gasteiger partial charge in [-0.2, -0.15) is 10.5 Å². The Morgan fingerprint density at radius 2 is 1.84 bits per heavy atom. The van der Waals surface area contributed by atoms with E-state index in [0.29, 0.717) is 0 Å². The third kappa shape index (κ3) is 5.71. The van der Waals surface area contributed by atoms with Gasteiger partial charge in [0.05, 0.1) is 28.2 Å². The first-order chi connectivity index (χ1) is 15.1. The van der Waals surface area contributed by atoms with Crippen LogP contribution in [0.4, 0.5) is 17.1 Å². The molecular formula is C17H16N8O5S2. The first kappa shape index (κ1) is 22.5. The molecule has 15 heteroatoms. The van der Waals surface area contributed by atoms with E-state index in [1.807, 2.05) is 6.07 Å². The zero-order chi connectivity index (χ0) is 23.4. The van der Waals surface area contributed by atoms with E-state index in [-0.39, 0.29) is 39.1 Å². The normalized spacial score (nSPS) is 12.1.